The molecule has 0 saturated carbocycles. The van der Waals surface area contributed by atoms with E-state index in [1.807, 2.05) is 0 Å². The van der Waals surface area contributed by atoms with Gasteiger partial charge in [0.15, 0.2) is 6.29 Å². The van der Waals surface area contributed by atoms with Crippen molar-refractivity contribution in [3.63, 3.8) is 0 Å². The number of nitrogens with zero attached hydrogens (tertiary/aromatic N) is 1. The third-order valence-corrected chi connectivity index (χ3v) is 2.42. The van der Waals surface area contributed by atoms with Crippen LogP contribution in [0.1, 0.15) is 30.3 Å². The summed E-state index contributed by atoms with van der Waals surface area (Å²) >= 11 is 0. The first-order valence-electron chi connectivity index (χ1n) is 6.11. The summed E-state index contributed by atoms with van der Waals surface area (Å²) in [6.45, 7) is 3.50. The molecule has 0 aliphatic carbocycles. The van der Waals surface area contributed by atoms with E-state index >= 15 is 0 Å². The Hall–Kier alpha value is -1.62. The second-order valence-corrected chi connectivity index (χ2v) is 3.87. The number of carbonyl (C=O) groups excluding carboxylic acids is 2. The lowest BCUT2D eigenvalue weighted by Gasteiger charge is -2.07. The summed E-state index contributed by atoms with van der Waals surface area (Å²) in [4.78, 5) is 22.1. The first-order valence-corrected chi connectivity index (χ1v) is 6.11. The van der Waals surface area contributed by atoms with E-state index in [1.165, 1.54) is 0 Å². The zero-order valence-corrected chi connectivity index (χ0v) is 10.6. The van der Waals surface area contributed by atoms with Gasteiger partial charge in [0, 0.05) is 12.8 Å². The SMILES string of the molecule is CCCCOCCOC(=O)Cn1cccc1C=O. The molecule has 100 valence electrons. The average molecular weight is 253 g/mol. The highest BCUT2D eigenvalue weighted by Gasteiger charge is 2.06. The third-order valence-electron chi connectivity index (χ3n) is 2.42. The van der Waals surface area contributed by atoms with Crippen molar-refractivity contribution >= 4 is 12.3 Å². The van der Waals surface area contributed by atoms with E-state index in [9.17, 15) is 9.59 Å². The highest BCUT2D eigenvalue weighted by atomic mass is 16.6. The highest BCUT2D eigenvalue weighted by Crippen LogP contribution is 1.99. The van der Waals surface area contributed by atoms with Crippen molar-refractivity contribution in [2.75, 3.05) is 19.8 Å². The van der Waals surface area contributed by atoms with E-state index in [0.717, 1.165) is 12.8 Å². The molecule has 0 atom stereocenters. The van der Waals surface area contributed by atoms with Gasteiger partial charge in [0.25, 0.3) is 0 Å². The number of rotatable bonds is 9. The van der Waals surface area contributed by atoms with Crippen LogP contribution in [0, 0.1) is 0 Å². The molecule has 5 heteroatoms. The quantitative estimate of drug-likeness (QED) is 0.381. The zero-order chi connectivity index (χ0) is 13.2. The van der Waals surface area contributed by atoms with Gasteiger partial charge in [-0.25, -0.2) is 0 Å². The Kier molecular flexibility index (Phi) is 6.79. The Morgan fingerprint density at radius 2 is 2.22 bits per heavy atom. The van der Waals surface area contributed by atoms with E-state index in [-0.39, 0.29) is 19.1 Å². The predicted octanol–water partition coefficient (Wildman–Crippen LogP) is 1.66. The monoisotopic (exact) mass is 253 g/mol. The molecule has 18 heavy (non-hydrogen) atoms. The molecule has 0 aliphatic heterocycles. The standard InChI is InChI=1S/C13H19NO4/c1-2-3-7-17-8-9-18-13(16)10-14-6-4-5-12(14)11-15/h4-6,11H,2-3,7-10H2,1H3. The number of carbonyl (C=O) groups is 2. The number of aromatic nitrogens is 1. The fourth-order valence-corrected chi connectivity index (χ4v) is 1.43. The maximum absolute atomic E-state index is 11.5. The second-order valence-electron chi connectivity index (χ2n) is 3.87. The Morgan fingerprint density at radius 3 is 2.94 bits per heavy atom. The summed E-state index contributed by atoms with van der Waals surface area (Å²) in [6.07, 6.45) is 4.48. The number of esters is 1. The lowest BCUT2D eigenvalue weighted by atomic mass is 10.4. The van der Waals surface area contributed by atoms with Gasteiger partial charge in [0.2, 0.25) is 0 Å². The second kappa shape index (κ2) is 8.47. The molecule has 5 nitrogen and oxygen atoms in total. The summed E-state index contributed by atoms with van der Waals surface area (Å²) in [5.41, 5.74) is 0.464. The minimum atomic E-state index is -0.367. The smallest absolute Gasteiger partial charge is 0.326 e. The molecule has 0 radical (unpaired) electrons. The van der Waals surface area contributed by atoms with Gasteiger partial charge in [0.05, 0.1) is 12.3 Å². The summed E-state index contributed by atoms with van der Waals surface area (Å²) in [6, 6.07) is 3.36. The van der Waals surface area contributed by atoms with Gasteiger partial charge in [-0.3, -0.25) is 9.59 Å². The van der Waals surface area contributed by atoms with Crippen LogP contribution in [0.5, 0.6) is 0 Å². The van der Waals surface area contributed by atoms with E-state index < -0.39 is 0 Å². The average Bonchev–Trinajstić information content (AvgIpc) is 2.80. The Morgan fingerprint density at radius 1 is 1.39 bits per heavy atom. The maximum atomic E-state index is 11.5. The van der Waals surface area contributed by atoms with Crippen molar-refractivity contribution in [1.82, 2.24) is 4.57 Å². The van der Waals surface area contributed by atoms with Gasteiger partial charge in [0.1, 0.15) is 13.2 Å². The Bertz CT molecular complexity index is 373. The summed E-state index contributed by atoms with van der Waals surface area (Å²) in [7, 11) is 0. The lowest BCUT2D eigenvalue weighted by molar-refractivity contribution is -0.145. The van der Waals surface area contributed by atoms with Gasteiger partial charge >= 0.3 is 5.97 Å². The predicted molar refractivity (Wildman–Crippen MR) is 66.5 cm³/mol. The first kappa shape index (κ1) is 14.4. The zero-order valence-electron chi connectivity index (χ0n) is 10.6. The third kappa shape index (κ3) is 5.14. The molecule has 1 aromatic heterocycles. The van der Waals surface area contributed by atoms with Crippen molar-refractivity contribution in [2.45, 2.75) is 26.3 Å². The molecule has 0 N–H and O–H groups in total. The summed E-state index contributed by atoms with van der Waals surface area (Å²) in [5, 5.41) is 0. The molecule has 0 aliphatic rings. The van der Waals surface area contributed by atoms with E-state index in [4.69, 9.17) is 9.47 Å². The van der Waals surface area contributed by atoms with Gasteiger partial charge in [-0.2, -0.15) is 0 Å². The van der Waals surface area contributed by atoms with Crippen LogP contribution in [0.25, 0.3) is 0 Å². The van der Waals surface area contributed by atoms with Crippen LogP contribution >= 0.6 is 0 Å². The van der Waals surface area contributed by atoms with Crippen molar-refractivity contribution in [3.05, 3.63) is 24.0 Å². The molecular formula is C13H19NO4. The molecule has 0 saturated heterocycles. The largest absolute Gasteiger partial charge is 0.462 e. The van der Waals surface area contributed by atoms with Gasteiger partial charge in [-0.1, -0.05) is 13.3 Å². The van der Waals surface area contributed by atoms with Crippen LogP contribution in [0.2, 0.25) is 0 Å². The molecule has 1 rings (SSSR count). The molecule has 0 spiro atoms. The lowest BCUT2D eigenvalue weighted by Crippen LogP contribution is -2.17. The Labute approximate surface area is 107 Å². The van der Waals surface area contributed by atoms with Gasteiger partial charge in [-0.15, -0.1) is 0 Å². The van der Waals surface area contributed by atoms with Gasteiger partial charge < -0.3 is 14.0 Å². The first-order chi connectivity index (χ1) is 8.77. The number of unbranched alkanes of at least 4 members (excludes halogenated alkanes) is 1. The highest BCUT2D eigenvalue weighted by molar-refractivity contribution is 5.75. The number of ether oxygens (including phenoxy) is 2. The Balaban J connectivity index is 2.16. The van der Waals surface area contributed by atoms with Crippen LogP contribution in [0.4, 0.5) is 0 Å². The molecule has 0 amide bonds. The molecular weight excluding hydrogens is 234 g/mol. The van der Waals surface area contributed by atoms with Crippen LogP contribution in [0.15, 0.2) is 18.3 Å². The van der Waals surface area contributed by atoms with Crippen LogP contribution in [-0.4, -0.2) is 36.6 Å². The minimum absolute atomic E-state index is 0.0516. The molecule has 0 bridgehead atoms. The molecule has 1 heterocycles. The molecule has 0 unspecified atom stereocenters. The van der Waals surface area contributed by atoms with Crippen molar-refractivity contribution in [3.8, 4) is 0 Å². The van der Waals surface area contributed by atoms with Crippen LogP contribution < -0.4 is 0 Å². The molecule has 0 fully saturated rings. The van der Waals surface area contributed by atoms with E-state index in [0.29, 0.717) is 25.2 Å². The summed E-state index contributed by atoms with van der Waals surface area (Å²) in [5.74, 6) is -0.367. The number of hydrogen-bond donors (Lipinski definition) is 0. The normalized spacial score (nSPS) is 10.3. The molecule has 1 aromatic rings. The maximum Gasteiger partial charge on any atom is 0.326 e. The topological polar surface area (TPSA) is 57.5 Å². The van der Waals surface area contributed by atoms with Crippen LogP contribution in [0.3, 0.4) is 0 Å². The van der Waals surface area contributed by atoms with Crippen molar-refractivity contribution < 1.29 is 19.1 Å². The minimum Gasteiger partial charge on any atom is -0.462 e. The molecule has 0 aromatic carbocycles. The summed E-state index contributed by atoms with van der Waals surface area (Å²) < 4.78 is 11.8. The fraction of sp³-hybridized carbons (Fsp3) is 0.538. The fourth-order valence-electron chi connectivity index (χ4n) is 1.43. The van der Waals surface area contributed by atoms with Crippen molar-refractivity contribution in [1.29, 1.82) is 0 Å². The van der Waals surface area contributed by atoms with E-state index in [2.05, 4.69) is 6.92 Å². The number of aldehydes is 1. The van der Waals surface area contributed by atoms with Crippen LogP contribution in [-0.2, 0) is 20.8 Å². The number of hydrogen-bond acceptors (Lipinski definition) is 4. The van der Waals surface area contributed by atoms with E-state index in [1.54, 1.807) is 22.9 Å². The van der Waals surface area contributed by atoms with Gasteiger partial charge in [-0.05, 0) is 18.6 Å². The van der Waals surface area contributed by atoms with Crippen molar-refractivity contribution in [2.24, 2.45) is 0 Å².